The summed E-state index contributed by atoms with van der Waals surface area (Å²) in [7, 11) is 0. The summed E-state index contributed by atoms with van der Waals surface area (Å²) in [5, 5.41) is 9.23. The topological polar surface area (TPSA) is 82.7 Å². The van der Waals surface area contributed by atoms with Gasteiger partial charge >= 0.3 is 6.09 Å². The van der Waals surface area contributed by atoms with Crippen molar-refractivity contribution < 1.29 is 14.3 Å². The van der Waals surface area contributed by atoms with E-state index in [-0.39, 0.29) is 0 Å². The number of hydrogen-bond donors (Lipinski definition) is 1. The summed E-state index contributed by atoms with van der Waals surface area (Å²) in [5.41, 5.74) is 2.28. The minimum atomic E-state index is -0.613. The van der Waals surface area contributed by atoms with Crippen molar-refractivity contribution in [2.75, 3.05) is 18.5 Å². The van der Waals surface area contributed by atoms with Crippen LogP contribution in [0.2, 0.25) is 0 Å². The molecule has 0 amide bonds. The molecule has 1 saturated heterocycles. The minimum absolute atomic E-state index is 0.328. The highest BCUT2D eigenvalue weighted by Gasteiger charge is 2.24. The van der Waals surface area contributed by atoms with Crippen LogP contribution in [-0.4, -0.2) is 50.1 Å². The number of carbonyl (C=O) groups excluding carboxylic acids is 1. The molecule has 3 aromatic heterocycles. The third-order valence-electron chi connectivity index (χ3n) is 5.48. The Bertz CT molecular complexity index is 1280. The monoisotopic (exact) mass is 433 g/mol. The molecule has 8 heteroatoms. The lowest BCUT2D eigenvalue weighted by Gasteiger charge is -2.23. The number of nitrogens with one attached hydrogen (secondary N) is 1. The van der Waals surface area contributed by atoms with E-state index in [4.69, 9.17) is 14.6 Å². The number of imidazole rings is 1. The molecule has 0 bridgehead atoms. The molecule has 0 spiro atoms. The summed E-state index contributed by atoms with van der Waals surface area (Å²) >= 11 is 0. The maximum atomic E-state index is 13.2. The minimum Gasteiger partial charge on any atom is -0.443 e. The molecule has 1 fully saturated rings. The predicted octanol–water partition coefficient (Wildman–Crippen LogP) is 4.73. The van der Waals surface area contributed by atoms with Crippen molar-refractivity contribution in [1.29, 1.82) is 0 Å². The molecule has 0 saturated carbocycles. The zero-order valence-electron chi connectivity index (χ0n) is 18.5. The third-order valence-corrected chi connectivity index (χ3v) is 5.48. The molecule has 0 radical (unpaired) electrons. The molecule has 1 N–H and O–H groups in total. The number of para-hydroxylation sites is 1. The Morgan fingerprint density at radius 3 is 2.69 bits per heavy atom. The Labute approximate surface area is 186 Å². The maximum Gasteiger partial charge on any atom is 0.419 e. The van der Waals surface area contributed by atoms with Crippen LogP contribution in [0.15, 0.2) is 48.7 Å². The van der Waals surface area contributed by atoms with Crippen molar-refractivity contribution in [3.05, 3.63) is 48.7 Å². The number of benzene rings is 1. The molecule has 32 heavy (non-hydrogen) atoms. The second-order valence-electron chi connectivity index (χ2n) is 9.07. The number of aromatic nitrogens is 4. The lowest BCUT2D eigenvalue weighted by atomic mass is 10.1. The second kappa shape index (κ2) is 7.94. The number of carbonyl (C=O) groups is 1. The Morgan fingerprint density at radius 1 is 1.12 bits per heavy atom. The normalized spacial score (nSPS) is 15.3. The Kier molecular flexibility index (Phi) is 5.09. The van der Waals surface area contributed by atoms with Gasteiger partial charge in [0.15, 0.2) is 5.65 Å². The standard InChI is InChI=1S/C24H27N5O3/c1-24(2,3)32-23(30)28-18-7-5-4-6-16(18)14-19(28)20-15-25-22-9-8-21(27-29(20)22)26-17-10-12-31-13-11-17/h4-9,14-15,17H,10-13H2,1-3H3,(H,26,27). The smallest absolute Gasteiger partial charge is 0.419 e. The van der Waals surface area contributed by atoms with Gasteiger partial charge in [-0.3, -0.25) is 0 Å². The average Bonchev–Trinajstić information content (AvgIpc) is 3.34. The van der Waals surface area contributed by atoms with Crippen LogP contribution in [0.1, 0.15) is 33.6 Å². The molecular weight excluding hydrogens is 406 g/mol. The number of hydrogen-bond acceptors (Lipinski definition) is 6. The molecule has 4 heterocycles. The third kappa shape index (κ3) is 3.93. The van der Waals surface area contributed by atoms with Gasteiger partial charge in [-0.15, -0.1) is 5.10 Å². The zero-order chi connectivity index (χ0) is 22.3. The zero-order valence-corrected chi connectivity index (χ0v) is 18.5. The summed E-state index contributed by atoms with van der Waals surface area (Å²) in [6, 6.07) is 13.9. The van der Waals surface area contributed by atoms with Gasteiger partial charge in [0.1, 0.15) is 17.1 Å². The van der Waals surface area contributed by atoms with Crippen LogP contribution in [0.4, 0.5) is 10.6 Å². The van der Waals surface area contributed by atoms with Crippen LogP contribution >= 0.6 is 0 Å². The number of ether oxygens (including phenoxy) is 2. The molecule has 0 unspecified atom stereocenters. The fourth-order valence-corrected chi connectivity index (χ4v) is 4.02. The average molecular weight is 434 g/mol. The highest BCUT2D eigenvalue weighted by molar-refractivity contribution is 5.96. The largest absolute Gasteiger partial charge is 0.443 e. The Hall–Kier alpha value is -3.39. The molecule has 5 rings (SSSR count). The van der Waals surface area contributed by atoms with Gasteiger partial charge in [0.25, 0.3) is 0 Å². The van der Waals surface area contributed by atoms with Gasteiger partial charge in [-0.25, -0.2) is 18.9 Å². The Morgan fingerprint density at radius 2 is 1.91 bits per heavy atom. The van der Waals surface area contributed by atoms with E-state index in [0.717, 1.165) is 48.5 Å². The van der Waals surface area contributed by atoms with E-state index in [1.54, 1.807) is 15.3 Å². The first kappa shape index (κ1) is 20.5. The number of rotatable bonds is 3. The highest BCUT2D eigenvalue weighted by atomic mass is 16.6. The van der Waals surface area contributed by atoms with Gasteiger partial charge in [-0.05, 0) is 57.9 Å². The first-order valence-electron chi connectivity index (χ1n) is 10.9. The van der Waals surface area contributed by atoms with Gasteiger partial charge in [-0.2, -0.15) is 0 Å². The number of anilines is 1. The van der Waals surface area contributed by atoms with Crippen LogP contribution in [0, 0.1) is 0 Å². The van der Waals surface area contributed by atoms with E-state index in [2.05, 4.69) is 10.3 Å². The van der Waals surface area contributed by atoms with Crippen LogP contribution in [0.25, 0.3) is 27.9 Å². The summed E-state index contributed by atoms with van der Waals surface area (Å²) < 4.78 is 14.5. The number of nitrogens with zero attached hydrogens (tertiary/aromatic N) is 4. The van der Waals surface area contributed by atoms with E-state index in [9.17, 15) is 4.79 Å². The molecule has 0 aliphatic carbocycles. The fraction of sp³-hybridized carbons (Fsp3) is 0.375. The van der Waals surface area contributed by atoms with Gasteiger partial charge in [0, 0.05) is 24.6 Å². The van der Waals surface area contributed by atoms with Crippen LogP contribution in [0.5, 0.6) is 0 Å². The molecule has 1 aromatic carbocycles. The van der Waals surface area contributed by atoms with Gasteiger partial charge in [-0.1, -0.05) is 18.2 Å². The molecule has 0 atom stereocenters. The Balaban J connectivity index is 1.60. The molecule has 166 valence electrons. The van der Waals surface area contributed by atoms with Crippen LogP contribution in [0.3, 0.4) is 0 Å². The molecule has 8 nitrogen and oxygen atoms in total. The van der Waals surface area contributed by atoms with E-state index >= 15 is 0 Å². The van der Waals surface area contributed by atoms with Crippen molar-refractivity contribution >= 4 is 28.5 Å². The van der Waals surface area contributed by atoms with Crippen molar-refractivity contribution in [1.82, 2.24) is 19.2 Å². The highest BCUT2D eigenvalue weighted by Crippen LogP contribution is 2.30. The first-order valence-corrected chi connectivity index (χ1v) is 10.9. The fourth-order valence-electron chi connectivity index (χ4n) is 4.02. The lowest BCUT2D eigenvalue weighted by Crippen LogP contribution is -2.28. The summed E-state index contributed by atoms with van der Waals surface area (Å²) in [5.74, 6) is 0.767. The summed E-state index contributed by atoms with van der Waals surface area (Å²) in [6.45, 7) is 7.10. The van der Waals surface area contributed by atoms with E-state index in [0.29, 0.717) is 17.4 Å². The van der Waals surface area contributed by atoms with E-state index < -0.39 is 11.7 Å². The van der Waals surface area contributed by atoms with Crippen LogP contribution < -0.4 is 5.32 Å². The second-order valence-corrected chi connectivity index (χ2v) is 9.07. The maximum absolute atomic E-state index is 13.2. The van der Waals surface area contributed by atoms with Crippen molar-refractivity contribution in [3.8, 4) is 11.4 Å². The van der Waals surface area contributed by atoms with Crippen molar-refractivity contribution in [3.63, 3.8) is 0 Å². The van der Waals surface area contributed by atoms with Crippen molar-refractivity contribution in [2.45, 2.75) is 45.3 Å². The summed E-state index contributed by atoms with van der Waals surface area (Å²) in [4.78, 5) is 17.7. The predicted molar refractivity (Wildman–Crippen MR) is 123 cm³/mol. The van der Waals surface area contributed by atoms with Crippen LogP contribution in [-0.2, 0) is 9.47 Å². The SMILES string of the molecule is CC(C)(C)OC(=O)n1c(-c2cnc3ccc(NC4CCOCC4)nn23)cc2ccccc21. The summed E-state index contributed by atoms with van der Waals surface area (Å²) in [6.07, 6.45) is 3.21. The quantitative estimate of drug-likeness (QED) is 0.503. The molecule has 1 aliphatic rings. The van der Waals surface area contributed by atoms with E-state index in [1.807, 2.05) is 63.2 Å². The molecular formula is C24H27N5O3. The molecule has 4 aromatic rings. The molecule has 1 aliphatic heterocycles. The van der Waals surface area contributed by atoms with Crippen molar-refractivity contribution in [2.24, 2.45) is 0 Å². The van der Waals surface area contributed by atoms with Gasteiger partial charge < -0.3 is 14.8 Å². The van der Waals surface area contributed by atoms with Gasteiger partial charge in [0.05, 0.1) is 17.4 Å². The number of fused-ring (bicyclic) bond motifs is 2. The lowest BCUT2D eigenvalue weighted by molar-refractivity contribution is 0.0547. The van der Waals surface area contributed by atoms with Gasteiger partial charge in [0.2, 0.25) is 0 Å². The first-order chi connectivity index (χ1) is 15.4. The van der Waals surface area contributed by atoms with E-state index in [1.165, 1.54) is 0 Å².